The van der Waals surface area contributed by atoms with E-state index >= 15 is 0 Å². The van der Waals surface area contributed by atoms with Gasteiger partial charge in [0.1, 0.15) is 12.0 Å². The van der Waals surface area contributed by atoms with E-state index in [4.69, 9.17) is 5.73 Å². The molecule has 1 aliphatic rings. The third-order valence-electron chi connectivity index (χ3n) is 3.74. The normalized spacial score (nSPS) is 14.3. The highest BCUT2D eigenvalue weighted by Gasteiger charge is 2.17. The number of aromatic nitrogens is 3. The number of carbonyl (C=O) groups is 1. The molecule has 1 amide bonds. The minimum Gasteiger partial charge on any atom is -0.393 e. The monoisotopic (exact) mass is 313 g/mol. The molecule has 2 aromatic rings. The van der Waals surface area contributed by atoms with E-state index in [0.717, 1.165) is 25.9 Å². The summed E-state index contributed by atoms with van der Waals surface area (Å²) in [4.78, 5) is 26.4. The average Bonchev–Trinajstić information content (AvgIpc) is 2.62. The van der Waals surface area contributed by atoms with Crippen molar-refractivity contribution in [2.24, 2.45) is 0 Å². The number of hydrogen-bond donors (Lipinski definition) is 3. The van der Waals surface area contributed by atoms with Gasteiger partial charge in [0, 0.05) is 25.5 Å². The fraction of sp³-hybridized carbons (Fsp3) is 0.333. The number of nitrogens with one attached hydrogen (secondary N) is 2. The predicted molar refractivity (Wildman–Crippen MR) is 87.8 cm³/mol. The molecule has 3 rings (SSSR count). The number of anilines is 3. The van der Waals surface area contributed by atoms with Crippen LogP contribution in [0.1, 0.15) is 29.6 Å². The Kier molecular flexibility index (Phi) is 4.51. The van der Waals surface area contributed by atoms with Crippen molar-refractivity contribution < 1.29 is 4.79 Å². The fourth-order valence-corrected chi connectivity index (χ4v) is 2.53. The van der Waals surface area contributed by atoms with Crippen molar-refractivity contribution >= 4 is 23.2 Å². The molecule has 1 saturated heterocycles. The van der Waals surface area contributed by atoms with E-state index in [9.17, 15) is 4.79 Å². The van der Waals surface area contributed by atoms with Crippen LogP contribution in [0.3, 0.4) is 0 Å². The summed E-state index contributed by atoms with van der Waals surface area (Å²) in [5.74, 6) is 0.784. The maximum absolute atomic E-state index is 12.0. The van der Waals surface area contributed by atoms with Crippen molar-refractivity contribution in [1.82, 2.24) is 20.4 Å². The van der Waals surface area contributed by atoms with Crippen molar-refractivity contribution in [2.45, 2.75) is 19.3 Å². The highest BCUT2D eigenvalue weighted by atomic mass is 16.2. The molecule has 3 heterocycles. The summed E-state index contributed by atoms with van der Waals surface area (Å²) in [5.41, 5.74) is 12.4. The Morgan fingerprint density at radius 2 is 2.04 bits per heavy atom. The first-order chi connectivity index (χ1) is 11.3. The van der Waals surface area contributed by atoms with E-state index in [2.05, 4.69) is 30.7 Å². The largest absolute Gasteiger partial charge is 0.393 e. The third-order valence-corrected chi connectivity index (χ3v) is 3.74. The Morgan fingerprint density at radius 1 is 1.22 bits per heavy atom. The Balaban J connectivity index is 1.69. The van der Waals surface area contributed by atoms with Gasteiger partial charge in [0.2, 0.25) is 0 Å². The van der Waals surface area contributed by atoms with Gasteiger partial charge in [0.05, 0.1) is 5.56 Å². The molecule has 0 atom stereocenters. The fourth-order valence-electron chi connectivity index (χ4n) is 2.53. The van der Waals surface area contributed by atoms with E-state index < -0.39 is 0 Å². The maximum Gasteiger partial charge on any atom is 0.271 e. The number of hydrazine groups is 1. The molecular weight excluding hydrogens is 294 g/mol. The second-order valence-electron chi connectivity index (χ2n) is 5.33. The summed E-state index contributed by atoms with van der Waals surface area (Å²) < 4.78 is 0. The number of carbonyl (C=O) groups excluding carboxylic acids is 1. The summed E-state index contributed by atoms with van der Waals surface area (Å²) >= 11 is 0. The predicted octanol–water partition coefficient (Wildman–Crippen LogP) is 1.20. The van der Waals surface area contributed by atoms with E-state index in [0.29, 0.717) is 22.9 Å². The minimum atomic E-state index is -0.310. The number of nitrogens with two attached hydrogens (primary N) is 1. The molecule has 8 heteroatoms. The van der Waals surface area contributed by atoms with E-state index in [1.165, 1.54) is 18.9 Å². The van der Waals surface area contributed by atoms with Crippen LogP contribution in [0.2, 0.25) is 0 Å². The quantitative estimate of drug-likeness (QED) is 0.728. The van der Waals surface area contributed by atoms with Gasteiger partial charge in [-0.3, -0.25) is 20.6 Å². The maximum atomic E-state index is 12.0. The van der Waals surface area contributed by atoms with Crippen LogP contribution in [-0.4, -0.2) is 33.9 Å². The van der Waals surface area contributed by atoms with Crippen molar-refractivity contribution in [3.63, 3.8) is 0 Å². The molecule has 0 spiro atoms. The number of piperidine rings is 1. The lowest BCUT2D eigenvalue weighted by atomic mass is 10.1. The lowest BCUT2D eigenvalue weighted by molar-refractivity contribution is 0.0962. The SMILES string of the molecule is Nc1c(NNC(=O)c2cccnc2)ncnc1N1CCCCC1. The molecule has 0 bridgehead atoms. The number of pyridine rings is 1. The number of nitrogens with zero attached hydrogens (tertiary/aromatic N) is 4. The Morgan fingerprint density at radius 3 is 2.78 bits per heavy atom. The van der Waals surface area contributed by atoms with Gasteiger partial charge >= 0.3 is 0 Å². The first kappa shape index (κ1) is 15.0. The van der Waals surface area contributed by atoms with Crippen molar-refractivity contribution in [1.29, 1.82) is 0 Å². The number of nitrogen functional groups attached to an aromatic ring is 1. The van der Waals surface area contributed by atoms with Crippen LogP contribution in [0.15, 0.2) is 30.9 Å². The van der Waals surface area contributed by atoms with E-state index in [1.54, 1.807) is 18.3 Å². The van der Waals surface area contributed by atoms with Gasteiger partial charge in [-0.2, -0.15) is 0 Å². The Bertz CT molecular complexity index is 671. The first-order valence-corrected chi connectivity index (χ1v) is 7.57. The molecule has 1 aliphatic heterocycles. The zero-order valence-corrected chi connectivity index (χ0v) is 12.7. The summed E-state index contributed by atoms with van der Waals surface area (Å²) in [6.07, 6.45) is 8.03. The zero-order chi connectivity index (χ0) is 16.1. The van der Waals surface area contributed by atoms with Gasteiger partial charge in [0.15, 0.2) is 11.6 Å². The second-order valence-corrected chi connectivity index (χ2v) is 5.33. The molecule has 0 aliphatic carbocycles. The summed E-state index contributed by atoms with van der Waals surface area (Å²) in [6.45, 7) is 1.87. The van der Waals surface area contributed by atoms with Crippen LogP contribution < -0.4 is 21.5 Å². The van der Waals surface area contributed by atoms with Crippen LogP contribution in [0.5, 0.6) is 0 Å². The minimum absolute atomic E-state index is 0.310. The van der Waals surface area contributed by atoms with Crippen molar-refractivity contribution in [2.75, 3.05) is 29.1 Å². The molecule has 0 unspecified atom stereocenters. The molecular formula is C15H19N7O. The number of amides is 1. The molecule has 4 N–H and O–H groups in total. The van der Waals surface area contributed by atoms with Gasteiger partial charge in [-0.25, -0.2) is 9.97 Å². The third kappa shape index (κ3) is 3.47. The Hall–Kier alpha value is -2.90. The van der Waals surface area contributed by atoms with Crippen molar-refractivity contribution in [3.05, 3.63) is 36.4 Å². The van der Waals surface area contributed by atoms with Crippen LogP contribution in [0, 0.1) is 0 Å². The molecule has 120 valence electrons. The second kappa shape index (κ2) is 6.91. The summed E-state index contributed by atoms with van der Waals surface area (Å²) in [6, 6.07) is 3.37. The van der Waals surface area contributed by atoms with E-state index in [-0.39, 0.29) is 5.91 Å². The smallest absolute Gasteiger partial charge is 0.271 e. The number of rotatable bonds is 4. The van der Waals surface area contributed by atoms with E-state index in [1.807, 2.05) is 0 Å². The molecule has 2 aromatic heterocycles. The van der Waals surface area contributed by atoms with Crippen LogP contribution in [0.4, 0.5) is 17.3 Å². The number of hydrogen-bond acceptors (Lipinski definition) is 7. The molecule has 0 aromatic carbocycles. The standard InChI is InChI=1S/C15H19N7O/c16-12-13(20-21-15(23)11-5-4-6-17-9-11)18-10-19-14(12)22-7-2-1-3-8-22/h4-6,9-10H,1-3,7-8,16H2,(H,21,23)(H,18,19,20). The molecule has 0 radical (unpaired) electrons. The molecule has 1 fully saturated rings. The zero-order valence-electron chi connectivity index (χ0n) is 12.7. The van der Waals surface area contributed by atoms with Gasteiger partial charge < -0.3 is 10.6 Å². The highest BCUT2D eigenvalue weighted by molar-refractivity contribution is 5.94. The lowest BCUT2D eigenvalue weighted by Gasteiger charge is -2.28. The lowest BCUT2D eigenvalue weighted by Crippen LogP contribution is -2.33. The van der Waals surface area contributed by atoms with Gasteiger partial charge in [-0.1, -0.05) is 0 Å². The van der Waals surface area contributed by atoms with Gasteiger partial charge in [0.25, 0.3) is 5.91 Å². The highest BCUT2D eigenvalue weighted by Crippen LogP contribution is 2.27. The van der Waals surface area contributed by atoms with Crippen molar-refractivity contribution in [3.8, 4) is 0 Å². The molecule has 0 saturated carbocycles. The topological polar surface area (TPSA) is 109 Å². The van der Waals surface area contributed by atoms with Gasteiger partial charge in [-0.05, 0) is 31.4 Å². The Labute approximate surface area is 134 Å². The van der Waals surface area contributed by atoms with Crippen LogP contribution in [0.25, 0.3) is 0 Å². The summed E-state index contributed by atoms with van der Waals surface area (Å²) in [5, 5.41) is 0. The van der Waals surface area contributed by atoms with Crippen LogP contribution in [-0.2, 0) is 0 Å². The average molecular weight is 313 g/mol. The summed E-state index contributed by atoms with van der Waals surface area (Å²) in [7, 11) is 0. The van der Waals surface area contributed by atoms with Gasteiger partial charge in [-0.15, -0.1) is 0 Å². The molecule has 8 nitrogen and oxygen atoms in total. The van der Waals surface area contributed by atoms with Crippen LogP contribution >= 0.6 is 0 Å². The molecule has 23 heavy (non-hydrogen) atoms. The first-order valence-electron chi connectivity index (χ1n) is 7.57.